The highest BCUT2D eigenvalue weighted by Crippen LogP contribution is 2.18. The van der Waals surface area contributed by atoms with E-state index < -0.39 is 0 Å². The molecule has 0 aliphatic rings. The van der Waals surface area contributed by atoms with Gasteiger partial charge in [0.15, 0.2) is 0 Å². The summed E-state index contributed by atoms with van der Waals surface area (Å²) in [5, 5.41) is 3.13. The number of hydrogen-bond acceptors (Lipinski definition) is 3. The van der Waals surface area contributed by atoms with Gasteiger partial charge >= 0.3 is 5.97 Å². The van der Waals surface area contributed by atoms with E-state index in [9.17, 15) is 4.79 Å². The Balaban J connectivity index is 2.74. The minimum absolute atomic E-state index is 0.356. The predicted octanol–water partition coefficient (Wildman–Crippen LogP) is 2.78. The molecule has 1 rings (SSSR count). The molecule has 0 atom stereocenters. The minimum Gasteiger partial charge on any atom is -0.466 e. The molecule has 0 fully saturated rings. The van der Waals surface area contributed by atoms with Crippen molar-refractivity contribution in [1.82, 2.24) is 0 Å². The van der Waals surface area contributed by atoms with Gasteiger partial charge in [0.25, 0.3) is 0 Å². The van der Waals surface area contributed by atoms with Crippen LogP contribution in [0.25, 0.3) is 0 Å². The van der Waals surface area contributed by atoms with E-state index in [0.717, 1.165) is 15.0 Å². The molecule has 4 heteroatoms. The number of allylic oxidation sites excluding steroid dienone is 1. The number of ether oxygens (including phenoxy) is 1. The number of nitrogens with one attached hydrogen (secondary N) is 1. The van der Waals surface area contributed by atoms with Crippen molar-refractivity contribution in [2.24, 2.45) is 0 Å². The van der Waals surface area contributed by atoms with Crippen LogP contribution in [0, 0.1) is 3.57 Å². The Bertz CT molecular complexity index is 388. The minimum atomic E-state index is -0.356. The highest BCUT2D eigenvalue weighted by Gasteiger charge is 2.00. The lowest BCUT2D eigenvalue weighted by molar-refractivity contribution is -0.134. The van der Waals surface area contributed by atoms with Gasteiger partial charge in [-0.25, -0.2) is 4.79 Å². The molecule has 0 unspecified atom stereocenters. The smallest absolute Gasteiger partial charge is 0.332 e. The van der Waals surface area contributed by atoms with Gasteiger partial charge in [-0.1, -0.05) is 12.1 Å². The normalized spacial score (nSPS) is 11.0. The highest BCUT2D eigenvalue weighted by atomic mass is 127. The molecule has 0 saturated carbocycles. The number of methoxy groups -OCH3 is 1. The molecular formula is C11H12INO2. The summed E-state index contributed by atoms with van der Waals surface area (Å²) in [6.45, 7) is 1.82. The number of para-hydroxylation sites is 1. The quantitative estimate of drug-likeness (QED) is 0.529. The fraction of sp³-hybridized carbons (Fsp3) is 0.182. The summed E-state index contributed by atoms with van der Waals surface area (Å²) in [7, 11) is 1.36. The van der Waals surface area contributed by atoms with Gasteiger partial charge in [-0.2, -0.15) is 0 Å². The Morgan fingerprint density at radius 1 is 1.47 bits per heavy atom. The first-order valence-electron chi connectivity index (χ1n) is 4.41. The maximum Gasteiger partial charge on any atom is 0.332 e. The Morgan fingerprint density at radius 2 is 2.13 bits per heavy atom. The van der Waals surface area contributed by atoms with Gasteiger partial charge in [-0.05, 0) is 41.6 Å². The van der Waals surface area contributed by atoms with Crippen molar-refractivity contribution in [1.29, 1.82) is 0 Å². The molecule has 15 heavy (non-hydrogen) atoms. The summed E-state index contributed by atoms with van der Waals surface area (Å²) in [6, 6.07) is 7.85. The van der Waals surface area contributed by atoms with E-state index in [4.69, 9.17) is 0 Å². The molecule has 80 valence electrons. The maximum atomic E-state index is 11.0. The monoisotopic (exact) mass is 317 g/mol. The van der Waals surface area contributed by atoms with E-state index in [1.54, 1.807) is 0 Å². The number of esters is 1. The first-order valence-corrected chi connectivity index (χ1v) is 5.49. The van der Waals surface area contributed by atoms with Crippen LogP contribution < -0.4 is 5.32 Å². The zero-order valence-electron chi connectivity index (χ0n) is 8.58. The topological polar surface area (TPSA) is 38.3 Å². The van der Waals surface area contributed by atoms with Crippen molar-refractivity contribution in [3.63, 3.8) is 0 Å². The Labute approximate surface area is 103 Å². The molecule has 0 heterocycles. The van der Waals surface area contributed by atoms with Crippen LogP contribution in [0.2, 0.25) is 0 Å². The van der Waals surface area contributed by atoms with Crippen molar-refractivity contribution >= 4 is 34.2 Å². The summed E-state index contributed by atoms with van der Waals surface area (Å²) in [5.41, 5.74) is 1.74. The van der Waals surface area contributed by atoms with Crippen molar-refractivity contribution in [3.05, 3.63) is 39.6 Å². The van der Waals surface area contributed by atoms with Gasteiger partial charge in [0.2, 0.25) is 0 Å². The molecule has 1 aromatic carbocycles. The lowest BCUT2D eigenvalue weighted by atomic mass is 10.3. The molecule has 1 N–H and O–H groups in total. The maximum absolute atomic E-state index is 11.0. The van der Waals surface area contributed by atoms with E-state index in [-0.39, 0.29) is 5.97 Å². The molecule has 0 radical (unpaired) electrons. The fourth-order valence-corrected chi connectivity index (χ4v) is 1.57. The zero-order valence-corrected chi connectivity index (χ0v) is 10.7. The van der Waals surface area contributed by atoms with E-state index in [1.165, 1.54) is 13.2 Å². The predicted molar refractivity (Wildman–Crippen MR) is 68.6 cm³/mol. The zero-order chi connectivity index (χ0) is 11.3. The third-order valence-electron chi connectivity index (χ3n) is 1.74. The standard InChI is InChI=1S/C11H12INO2/c1-8(7-11(14)15-2)13-10-6-4-3-5-9(10)12/h3-7,13H,1-2H3. The number of anilines is 1. The van der Waals surface area contributed by atoms with Crippen LogP contribution in [0.3, 0.4) is 0 Å². The third-order valence-corrected chi connectivity index (χ3v) is 2.68. The van der Waals surface area contributed by atoms with Crippen LogP contribution in [0.4, 0.5) is 5.69 Å². The molecule has 0 aliphatic heterocycles. The van der Waals surface area contributed by atoms with Crippen LogP contribution in [0.1, 0.15) is 6.92 Å². The van der Waals surface area contributed by atoms with Gasteiger partial charge in [-0.15, -0.1) is 0 Å². The molecule has 0 aliphatic carbocycles. The third kappa shape index (κ3) is 3.91. The summed E-state index contributed by atoms with van der Waals surface area (Å²) < 4.78 is 5.64. The first kappa shape index (κ1) is 12.0. The van der Waals surface area contributed by atoms with E-state index >= 15 is 0 Å². The number of carbonyl (C=O) groups is 1. The summed E-state index contributed by atoms with van der Waals surface area (Å²) in [6.07, 6.45) is 1.42. The number of carbonyl (C=O) groups excluding carboxylic acids is 1. The Kier molecular flexibility index (Phi) is 4.61. The van der Waals surface area contributed by atoms with Crippen molar-refractivity contribution in [2.45, 2.75) is 6.92 Å². The average molecular weight is 317 g/mol. The molecule has 0 bridgehead atoms. The highest BCUT2D eigenvalue weighted by molar-refractivity contribution is 14.1. The summed E-state index contributed by atoms with van der Waals surface area (Å²) in [4.78, 5) is 11.0. The Morgan fingerprint density at radius 3 is 2.73 bits per heavy atom. The molecular weight excluding hydrogens is 305 g/mol. The Hall–Kier alpha value is -1.04. The first-order chi connectivity index (χ1) is 7.13. The average Bonchev–Trinajstić information content (AvgIpc) is 2.21. The molecule has 0 amide bonds. The number of hydrogen-bond donors (Lipinski definition) is 1. The largest absolute Gasteiger partial charge is 0.466 e. The van der Waals surface area contributed by atoms with Crippen molar-refractivity contribution < 1.29 is 9.53 Å². The molecule has 0 aromatic heterocycles. The number of rotatable bonds is 3. The summed E-state index contributed by atoms with van der Waals surface area (Å²) in [5.74, 6) is -0.356. The van der Waals surface area contributed by atoms with E-state index in [2.05, 4.69) is 32.6 Å². The van der Waals surface area contributed by atoms with Gasteiger partial charge in [0.1, 0.15) is 0 Å². The second-order valence-corrected chi connectivity index (χ2v) is 4.12. The van der Waals surface area contributed by atoms with Gasteiger partial charge in [-0.3, -0.25) is 0 Å². The second kappa shape index (κ2) is 5.75. The van der Waals surface area contributed by atoms with Gasteiger partial charge in [0, 0.05) is 15.3 Å². The van der Waals surface area contributed by atoms with Crippen LogP contribution in [-0.2, 0) is 9.53 Å². The van der Waals surface area contributed by atoms with E-state index in [1.807, 2.05) is 31.2 Å². The molecule has 3 nitrogen and oxygen atoms in total. The number of benzene rings is 1. The van der Waals surface area contributed by atoms with Crippen LogP contribution >= 0.6 is 22.6 Å². The molecule has 0 saturated heterocycles. The van der Waals surface area contributed by atoms with Crippen LogP contribution in [-0.4, -0.2) is 13.1 Å². The number of halogens is 1. The van der Waals surface area contributed by atoms with Gasteiger partial charge in [0.05, 0.1) is 12.8 Å². The molecule has 1 aromatic rings. The van der Waals surface area contributed by atoms with Crippen LogP contribution in [0.15, 0.2) is 36.0 Å². The lowest BCUT2D eigenvalue weighted by Gasteiger charge is -2.07. The van der Waals surface area contributed by atoms with Crippen molar-refractivity contribution in [3.8, 4) is 0 Å². The lowest BCUT2D eigenvalue weighted by Crippen LogP contribution is -2.02. The fourth-order valence-electron chi connectivity index (χ4n) is 1.05. The SMILES string of the molecule is COC(=O)C=C(C)Nc1ccccc1I. The summed E-state index contributed by atoms with van der Waals surface area (Å²) >= 11 is 2.23. The second-order valence-electron chi connectivity index (χ2n) is 2.96. The van der Waals surface area contributed by atoms with Crippen molar-refractivity contribution in [2.75, 3.05) is 12.4 Å². The van der Waals surface area contributed by atoms with Crippen LogP contribution in [0.5, 0.6) is 0 Å². The van der Waals surface area contributed by atoms with Gasteiger partial charge < -0.3 is 10.1 Å². The van der Waals surface area contributed by atoms with E-state index in [0.29, 0.717) is 0 Å². The molecule has 0 spiro atoms.